The zero-order valence-electron chi connectivity index (χ0n) is 37.0. The van der Waals surface area contributed by atoms with E-state index in [2.05, 4.69) is 70.0 Å². The quantitative estimate of drug-likeness (QED) is 0.125. The van der Waals surface area contributed by atoms with E-state index >= 15 is 0 Å². The van der Waals surface area contributed by atoms with Crippen molar-refractivity contribution in [2.24, 2.45) is 0 Å². The van der Waals surface area contributed by atoms with E-state index in [1.807, 2.05) is 12.1 Å². The summed E-state index contributed by atoms with van der Waals surface area (Å²) in [5.41, 5.74) is 5.54. The van der Waals surface area contributed by atoms with Crippen molar-refractivity contribution in [2.75, 3.05) is 39.3 Å². The maximum Gasteiger partial charge on any atom is 0.140 e. The zero-order chi connectivity index (χ0) is 46.6. The molecule has 0 spiro atoms. The lowest BCUT2D eigenvalue weighted by Crippen LogP contribution is -2.27. The van der Waals surface area contributed by atoms with E-state index in [1.165, 1.54) is 70.5 Å². The average Bonchev–Trinajstić information content (AvgIpc) is 3.32. The van der Waals surface area contributed by atoms with Gasteiger partial charge in [0.2, 0.25) is 0 Å². The molecule has 3 fully saturated rings. The molecule has 0 bridgehead atoms. The van der Waals surface area contributed by atoms with Crippen LogP contribution in [0.3, 0.4) is 0 Å². The van der Waals surface area contributed by atoms with Crippen LogP contribution in [0.4, 0.5) is 26.3 Å². The molecule has 3 saturated heterocycles. The van der Waals surface area contributed by atoms with Crippen LogP contribution < -0.4 is 16.0 Å². The number of rotatable bonds is 9. The lowest BCUT2D eigenvalue weighted by atomic mass is 9.90. The van der Waals surface area contributed by atoms with Crippen molar-refractivity contribution < 1.29 is 26.3 Å². The Kier molecular flexibility index (Phi) is 18.7. The van der Waals surface area contributed by atoms with Gasteiger partial charge in [0.25, 0.3) is 0 Å². The van der Waals surface area contributed by atoms with Gasteiger partial charge in [-0.1, -0.05) is 81.0 Å². The molecular weight excluding hydrogens is 969 g/mol. The van der Waals surface area contributed by atoms with Gasteiger partial charge in [0, 0.05) is 35.0 Å². The second kappa shape index (κ2) is 24.5. The van der Waals surface area contributed by atoms with Crippen molar-refractivity contribution in [3.63, 3.8) is 0 Å². The van der Waals surface area contributed by atoms with Gasteiger partial charge >= 0.3 is 0 Å². The van der Waals surface area contributed by atoms with Crippen LogP contribution in [0, 0.1) is 48.8 Å². The van der Waals surface area contributed by atoms with Gasteiger partial charge in [0.15, 0.2) is 0 Å². The van der Waals surface area contributed by atoms with Crippen molar-refractivity contribution in [2.45, 2.75) is 99.5 Å². The highest BCUT2D eigenvalue weighted by Crippen LogP contribution is 2.42. The first-order valence-corrected chi connectivity index (χ1v) is 25.7. The van der Waals surface area contributed by atoms with Crippen molar-refractivity contribution in [3.8, 4) is 0 Å². The summed E-state index contributed by atoms with van der Waals surface area (Å²) in [4.78, 5) is 4.63. The van der Waals surface area contributed by atoms with E-state index in [0.717, 1.165) is 115 Å². The van der Waals surface area contributed by atoms with E-state index in [9.17, 15) is 26.3 Å². The largest absolute Gasteiger partial charge is 0.317 e. The third kappa shape index (κ3) is 14.0. The standard InChI is InChI=1S/C19H22FNS.C17H16BrF2NS.C17H16F3NS/c1-13-6-7-18(14(2)12-13)22-19-16(4-3-5-17(19)20)15-8-10-21-11-9-15;18-12-1-3-17(15(20)9-12)22-16-4-2-13(19)10-14(16)11-5-7-21-8-6-11;18-12-1-3-16(14(9-12)11-5-7-21-8-6-11)22-17-4-2-13(19)10-15(17)20/h3-7,12,15,21H,8-11H2,1-2H3;2*1-4,9-11,21H,5-8H2. The van der Waals surface area contributed by atoms with Gasteiger partial charge in [-0.3, -0.25) is 0 Å². The lowest BCUT2D eigenvalue weighted by Gasteiger charge is -2.25. The summed E-state index contributed by atoms with van der Waals surface area (Å²) in [6, 6.07) is 29.9. The summed E-state index contributed by atoms with van der Waals surface area (Å²) in [5.74, 6) is -0.996. The lowest BCUT2D eigenvalue weighted by molar-refractivity contribution is 0.452. The van der Waals surface area contributed by atoms with Gasteiger partial charge in [-0.2, -0.15) is 0 Å². The molecule has 9 rings (SSSR count). The normalized spacial score (nSPS) is 16.0. The second-order valence-corrected chi connectivity index (χ2v) is 21.0. The smallest absolute Gasteiger partial charge is 0.140 e. The average molecular weight is 1020 g/mol. The first-order chi connectivity index (χ1) is 31.9. The Bertz CT molecular complexity index is 2420. The SMILES string of the molecule is Cc1ccc(Sc2c(F)cccc2C2CCNCC2)c(C)c1.Fc1ccc(Sc2ccc(Br)cc2F)c(C2CCNCC2)c1.Fc1ccc(Sc2ccc(F)cc2C2CCNCC2)c(F)c1. The molecule has 6 aromatic carbocycles. The van der Waals surface area contributed by atoms with Crippen LogP contribution >= 0.6 is 51.2 Å². The molecule has 0 amide bonds. The number of nitrogens with one attached hydrogen (secondary N) is 3. The molecule has 0 aliphatic carbocycles. The summed E-state index contributed by atoms with van der Waals surface area (Å²) in [7, 11) is 0. The number of hydrogen-bond acceptors (Lipinski definition) is 6. The highest BCUT2D eigenvalue weighted by molar-refractivity contribution is 9.10. The molecule has 0 aromatic heterocycles. The number of piperidine rings is 3. The third-order valence-electron chi connectivity index (χ3n) is 12.0. The Balaban J connectivity index is 0.000000147. The van der Waals surface area contributed by atoms with Crippen molar-refractivity contribution >= 4 is 51.2 Å². The van der Waals surface area contributed by atoms with Crippen LogP contribution in [-0.4, -0.2) is 39.3 Å². The Hall–Kier alpha value is -3.69. The third-order valence-corrected chi connectivity index (χ3v) is 16.1. The highest BCUT2D eigenvalue weighted by atomic mass is 79.9. The number of hydrogen-bond donors (Lipinski definition) is 3. The van der Waals surface area contributed by atoms with Gasteiger partial charge < -0.3 is 16.0 Å². The van der Waals surface area contributed by atoms with Gasteiger partial charge in [0.05, 0.1) is 4.90 Å². The molecule has 3 heterocycles. The number of aryl methyl sites for hydroxylation is 2. The van der Waals surface area contributed by atoms with Gasteiger partial charge in [0.1, 0.15) is 34.9 Å². The summed E-state index contributed by atoms with van der Waals surface area (Å²) in [5, 5.41) is 9.98. The molecule has 3 aliphatic heterocycles. The van der Waals surface area contributed by atoms with Crippen molar-refractivity contribution in [3.05, 3.63) is 176 Å². The Labute approximate surface area is 406 Å². The topological polar surface area (TPSA) is 36.1 Å². The summed E-state index contributed by atoms with van der Waals surface area (Å²) < 4.78 is 83.4. The maximum atomic E-state index is 14.5. The fourth-order valence-corrected chi connectivity index (χ4v) is 12.0. The molecule has 3 nitrogen and oxygen atoms in total. The van der Waals surface area contributed by atoms with Crippen LogP contribution in [0.15, 0.2) is 143 Å². The van der Waals surface area contributed by atoms with Gasteiger partial charge in [-0.25, -0.2) is 26.3 Å². The molecule has 13 heteroatoms. The first-order valence-electron chi connectivity index (χ1n) is 22.4. The minimum Gasteiger partial charge on any atom is -0.317 e. The number of benzene rings is 6. The number of halogens is 7. The molecule has 0 atom stereocenters. The maximum absolute atomic E-state index is 14.5. The summed E-state index contributed by atoms with van der Waals surface area (Å²) >= 11 is 7.43. The summed E-state index contributed by atoms with van der Waals surface area (Å²) in [6.45, 7) is 9.91. The Morgan fingerprint density at radius 3 is 1.35 bits per heavy atom. The molecule has 0 unspecified atom stereocenters. The van der Waals surface area contributed by atoms with Crippen LogP contribution in [0.5, 0.6) is 0 Å². The molecule has 0 radical (unpaired) electrons. The van der Waals surface area contributed by atoms with Crippen LogP contribution in [-0.2, 0) is 0 Å². The fraction of sp³-hybridized carbons (Fsp3) is 0.321. The predicted molar refractivity (Wildman–Crippen MR) is 262 cm³/mol. The van der Waals surface area contributed by atoms with E-state index in [1.54, 1.807) is 48.2 Å². The molecule has 3 aliphatic rings. The minimum atomic E-state index is -0.598. The monoisotopic (exact) mass is 1020 g/mol. The second-order valence-electron chi connectivity index (χ2n) is 16.8. The minimum absolute atomic E-state index is 0.0963. The fourth-order valence-electron chi connectivity index (χ4n) is 8.59. The van der Waals surface area contributed by atoms with Crippen molar-refractivity contribution in [1.29, 1.82) is 0 Å². The Morgan fingerprint density at radius 2 is 0.864 bits per heavy atom. The van der Waals surface area contributed by atoms with E-state index < -0.39 is 11.6 Å². The van der Waals surface area contributed by atoms with E-state index in [-0.39, 0.29) is 29.2 Å². The van der Waals surface area contributed by atoms with Crippen LogP contribution in [0.1, 0.15) is 84.1 Å². The zero-order valence-corrected chi connectivity index (χ0v) is 41.0. The van der Waals surface area contributed by atoms with Crippen LogP contribution in [0.25, 0.3) is 0 Å². The van der Waals surface area contributed by atoms with Gasteiger partial charge in [-0.05, 0) is 211 Å². The molecule has 6 aromatic rings. The molecule has 0 saturated carbocycles. The molecule has 66 heavy (non-hydrogen) atoms. The highest BCUT2D eigenvalue weighted by Gasteiger charge is 2.23. The Morgan fingerprint density at radius 1 is 0.424 bits per heavy atom. The molecule has 348 valence electrons. The van der Waals surface area contributed by atoms with E-state index in [4.69, 9.17) is 0 Å². The van der Waals surface area contributed by atoms with Crippen LogP contribution in [0.2, 0.25) is 0 Å². The van der Waals surface area contributed by atoms with E-state index in [0.29, 0.717) is 26.1 Å². The first kappa shape index (κ1) is 50.2. The summed E-state index contributed by atoms with van der Waals surface area (Å²) in [6.07, 6.45) is 6.01. The van der Waals surface area contributed by atoms with Crippen molar-refractivity contribution in [1.82, 2.24) is 16.0 Å². The molecular formula is C53H54BrF6N3S3. The van der Waals surface area contributed by atoms with Gasteiger partial charge in [-0.15, -0.1) is 0 Å². The predicted octanol–water partition coefficient (Wildman–Crippen LogP) is 15.1. The molecule has 3 N–H and O–H groups in total.